The molecule has 41 heavy (non-hydrogen) atoms. The van der Waals surface area contributed by atoms with Crippen LogP contribution in [0, 0.1) is 0 Å². The number of hydrogen-bond acceptors (Lipinski definition) is 3. The second-order valence-electron chi connectivity index (χ2n) is 11.5. The Morgan fingerprint density at radius 3 is 1.98 bits per heavy atom. The molecule has 6 rings (SSSR count). The van der Waals surface area contributed by atoms with Crippen LogP contribution in [0.2, 0.25) is 0 Å². The molecule has 0 atom stereocenters. The maximum absolute atomic E-state index is 13.8. The highest BCUT2D eigenvalue weighted by molar-refractivity contribution is 5.79. The lowest BCUT2D eigenvalue weighted by atomic mass is 9.99. The van der Waals surface area contributed by atoms with E-state index in [0.717, 1.165) is 67.6 Å². The summed E-state index contributed by atoms with van der Waals surface area (Å²) >= 11 is 0. The third kappa shape index (κ3) is 6.10. The maximum Gasteiger partial charge on any atom is 0.329 e. The van der Waals surface area contributed by atoms with Crippen molar-refractivity contribution in [2.75, 3.05) is 32.7 Å². The van der Waals surface area contributed by atoms with Gasteiger partial charge in [-0.25, -0.2) is 9.79 Å². The number of likely N-dealkylation sites (tertiary alicyclic amines) is 2. The highest BCUT2D eigenvalue weighted by atomic mass is 16.1. The fourth-order valence-corrected chi connectivity index (χ4v) is 6.62. The number of nitrogens with zero attached hydrogens (tertiary/aromatic N) is 5. The lowest BCUT2D eigenvalue weighted by Crippen LogP contribution is -2.44. The molecule has 0 spiro atoms. The lowest BCUT2D eigenvalue weighted by molar-refractivity contribution is 0.222. The molecular formula is C34H42N6O. The number of aliphatic imine (C=N–C) groups is 1. The normalized spacial score (nSPS) is 17.5. The molecule has 0 unspecified atom stereocenters. The second-order valence-corrected chi connectivity index (χ2v) is 11.5. The molecule has 2 aliphatic heterocycles. The monoisotopic (exact) mass is 550 g/mol. The van der Waals surface area contributed by atoms with Crippen molar-refractivity contribution in [3.05, 3.63) is 107 Å². The molecule has 0 bridgehead atoms. The first-order valence-corrected chi connectivity index (χ1v) is 15.3. The van der Waals surface area contributed by atoms with Crippen molar-refractivity contribution in [2.24, 2.45) is 10.7 Å². The largest absolute Gasteiger partial charge is 0.370 e. The van der Waals surface area contributed by atoms with Gasteiger partial charge < -0.3 is 15.5 Å². The van der Waals surface area contributed by atoms with E-state index in [2.05, 4.69) is 50.8 Å². The Morgan fingerprint density at radius 2 is 1.34 bits per heavy atom. The first-order chi connectivity index (χ1) is 20.2. The van der Waals surface area contributed by atoms with Crippen molar-refractivity contribution in [1.29, 1.82) is 0 Å². The number of imidazole rings is 1. The summed E-state index contributed by atoms with van der Waals surface area (Å²) in [5, 5.41) is 0. The Hall–Kier alpha value is -3.84. The summed E-state index contributed by atoms with van der Waals surface area (Å²) in [5.41, 5.74) is 11.1. The van der Waals surface area contributed by atoms with Crippen molar-refractivity contribution in [2.45, 2.75) is 57.2 Å². The minimum Gasteiger partial charge on any atom is -0.370 e. The molecule has 214 valence electrons. The minimum atomic E-state index is -0.152. The Kier molecular flexibility index (Phi) is 8.52. The van der Waals surface area contributed by atoms with Crippen molar-refractivity contribution in [3.63, 3.8) is 0 Å². The Morgan fingerprint density at radius 1 is 0.756 bits per heavy atom. The summed E-state index contributed by atoms with van der Waals surface area (Å²) in [6.45, 7) is 5.77. The van der Waals surface area contributed by atoms with E-state index in [1.165, 1.54) is 32.4 Å². The van der Waals surface area contributed by atoms with Gasteiger partial charge in [0.15, 0.2) is 5.96 Å². The van der Waals surface area contributed by atoms with Crippen LogP contribution in [0.1, 0.15) is 61.7 Å². The predicted molar refractivity (Wildman–Crippen MR) is 167 cm³/mol. The van der Waals surface area contributed by atoms with E-state index in [4.69, 9.17) is 10.7 Å². The summed E-state index contributed by atoms with van der Waals surface area (Å²) in [7, 11) is 0. The fourth-order valence-electron chi connectivity index (χ4n) is 6.62. The van der Waals surface area contributed by atoms with Gasteiger partial charge in [-0.3, -0.25) is 9.13 Å². The number of hydrogen-bond donors (Lipinski definition) is 1. The smallest absolute Gasteiger partial charge is 0.329 e. The number of guanidine groups is 1. The number of aromatic nitrogens is 2. The number of fused-ring (bicyclic) bond motifs is 1. The Bertz CT molecular complexity index is 1460. The van der Waals surface area contributed by atoms with Crippen LogP contribution in [0.5, 0.6) is 0 Å². The molecule has 3 heterocycles. The number of piperidine rings is 2. The summed E-state index contributed by atoms with van der Waals surface area (Å²) in [6, 6.07) is 28.9. The van der Waals surface area contributed by atoms with Crippen LogP contribution in [-0.4, -0.2) is 57.6 Å². The SMILES string of the molecule is NC(=NC(c1ccccc1)c1ccccc1)N1CCC(n2c(=O)n(CCCN3CCCCC3)c3ccccc32)CC1. The summed E-state index contributed by atoms with van der Waals surface area (Å²) < 4.78 is 4.06. The molecule has 2 N–H and O–H groups in total. The highest BCUT2D eigenvalue weighted by Crippen LogP contribution is 2.29. The van der Waals surface area contributed by atoms with E-state index in [-0.39, 0.29) is 17.8 Å². The fraction of sp³-hybridized carbons (Fsp3) is 0.412. The quantitative estimate of drug-likeness (QED) is 0.235. The Labute approximate surface area is 242 Å². The van der Waals surface area contributed by atoms with Gasteiger partial charge in [0.25, 0.3) is 0 Å². The number of rotatable bonds is 8. The number of nitrogens with two attached hydrogens (primary N) is 1. The van der Waals surface area contributed by atoms with E-state index in [0.29, 0.717) is 5.96 Å². The van der Waals surface area contributed by atoms with Crippen molar-refractivity contribution in [1.82, 2.24) is 18.9 Å². The van der Waals surface area contributed by atoms with Gasteiger partial charge in [0.2, 0.25) is 0 Å². The second kappa shape index (κ2) is 12.8. The van der Waals surface area contributed by atoms with E-state index in [1.807, 2.05) is 53.1 Å². The van der Waals surface area contributed by atoms with Crippen molar-refractivity contribution >= 4 is 17.0 Å². The van der Waals surface area contributed by atoms with Crippen LogP contribution in [0.4, 0.5) is 0 Å². The van der Waals surface area contributed by atoms with E-state index in [1.54, 1.807) is 0 Å². The van der Waals surface area contributed by atoms with Crippen LogP contribution in [0.3, 0.4) is 0 Å². The van der Waals surface area contributed by atoms with Gasteiger partial charge in [0.05, 0.1) is 11.0 Å². The van der Waals surface area contributed by atoms with E-state index in [9.17, 15) is 4.79 Å². The molecule has 0 saturated carbocycles. The van der Waals surface area contributed by atoms with Crippen LogP contribution >= 0.6 is 0 Å². The van der Waals surface area contributed by atoms with Crippen LogP contribution < -0.4 is 11.4 Å². The molecule has 3 aromatic carbocycles. The minimum absolute atomic E-state index is 0.123. The van der Waals surface area contributed by atoms with E-state index < -0.39 is 0 Å². The Balaban J connectivity index is 1.17. The average molecular weight is 551 g/mol. The molecule has 7 nitrogen and oxygen atoms in total. The highest BCUT2D eigenvalue weighted by Gasteiger charge is 2.27. The molecule has 0 aliphatic carbocycles. The zero-order valence-corrected chi connectivity index (χ0v) is 23.9. The summed E-state index contributed by atoms with van der Waals surface area (Å²) in [6.07, 6.45) is 6.67. The molecule has 7 heteroatoms. The molecular weight excluding hydrogens is 508 g/mol. The first-order valence-electron chi connectivity index (χ1n) is 15.3. The van der Waals surface area contributed by atoms with Gasteiger partial charge in [-0.05, 0) is 75.0 Å². The van der Waals surface area contributed by atoms with Gasteiger partial charge in [0, 0.05) is 25.7 Å². The predicted octanol–water partition coefficient (Wildman–Crippen LogP) is 5.42. The number of para-hydroxylation sites is 2. The molecule has 1 aromatic heterocycles. The number of aryl methyl sites for hydroxylation is 1. The zero-order valence-electron chi connectivity index (χ0n) is 23.9. The van der Waals surface area contributed by atoms with Gasteiger partial charge in [-0.2, -0.15) is 0 Å². The van der Waals surface area contributed by atoms with Crippen LogP contribution in [0.15, 0.2) is 94.7 Å². The van der Waals surface area contributed by atoms with Gasteiger partial charge in [-0.15, -0.1) is 0 Å². The summed E-state index contributed by atoms with van der Waals surface area (Å²) in [4.78, 5) is 23.6. The topological polar surface area (TPSA) is 71.8 Å². The van der Waals surface area contributed by atoms with Crippen molar-refractivity contribution in [3.8, 4) is 0 Å². The lowest BCUT2D eigenvalue weighted by Gasteiger charge is -2.33. The molecule has 4 aromatic rings. The third-order valence-electron chi connectivity index (χ3n) is 8.82. The van der Waals surface area contributed by atoms with Gasteiger partial charge >= 0.3 is 5.69 Å². The maximum atomic E-state index is 13.8. The molecule has 2 fully saturated rings. The third-order valence-corrected chi connectivity index (χ3v) is 8.82. The van der Waals surface area contributed by atoms with Crippen LogP contribution in [-0.2, 0) is 6.54 Å². The molecule has 0 radical (unpaired) electrons. The first kappa shape index (κ1) is 27.3. The van der Waals surface area contributed by atoms with Gasteiger partial charge in [-0.1, -0.05) is 79.2 Å². The molecule has 2 aliphatic rings. The van der Waals surface area contributed by atoms with Crippen LogP contribution in [0.25, 0.3) is 11.0 Å². The molecule has 2 saturated heterocycles. The summed E-state index contributed by atoms with van der Waals surface area (Å²) in [5.74, 6) is 0.564. The van der Waals surface area contributed by atoms with Crippen molar-refractivity contribution < 1.29 is 0 Å². The standard InChI is InChI=1S/C34H42N6O/c35-33(36-32(27-13-4-1-5-14-27)28-15-6-2-7-16-28)38-25-19-29(20-26-38)40-31-18-9-8-17-30(31)39(34(40)41)24-12-23-37-21-10-3-11-22-37/h1-2,4-9,13-18,29,32H,3,10-12,19-26H2,(H2,35,36). The number of benzene rings is 3. The zero-order chi connectivity index (χ0) is 28.0. The average Bonchev–Trinajstić information content (AvgIpc) is 3.32. The van der Waals surface area contributed by atoms with E-state index >= 15 is 0 Å². The molecule has 0 amide bonds. The van der Waals surface area contributed by atoms with Gasteiger partial charge in [0.1, 0.15) is 6.04 Å².